The lowest BCUT2D eigenvalue weighted by molar-refractivity contribution is -0.140. The molecule has 1 aromatic carbocycles. The predicted octanol–water partition coefficient (Wildman–Crippen LogP) is 3.28. The summed E-state index contributed by atoms with van der Waals surface area (Å²) in [5.74, 6) is 0.448. The van der Waals surface area contributed by atoms with Crippen LogP contribution in [0.15, 0.2) is 48.7 Å². The van der Waals surface area contributed by atoms with Crippen molar-refractivity contribution in [1.29, 1.82) is 0 Å². The van der Waals surface area contributed by atoms with E-state index in [2.05, 4.69) is 17.1 Å². The van der Waals surface area contributed by atoms with Gasteiger partial charge in [-0.3, -0.25) is 4.79 Å². The number of halogens is 1. The van der Waals surface area contributed by atoms with Crippen LogP contribution in [0.2, 0.25) is 0 Å². The Balaban J connectivity index is 1.34. The van der Waals surface area contributed by atoms with Crippen molar-refractivity contribution in [3.8, 4) is 0 Å². The molecule has 140 valence electrons. The van der Waals surface area contributed by atoms with Crippen molar-refractivity contribution in [3.63, 3.8) is 0 Å². The van der Waals surface area contributed by atoms with Gasteiger partial charge in [0.25, 0.3) is 5.91 Å². The van der Waals surface area contributed by atoms with E-state index in [9.17, 15) is 9.18 Å². The van der Waals surface area contributed by atoms with Crippen molar-refractivity contribution < 1.29 is 13.9 Å². The SMILES string of the molecule is O=C1N2[C@@H](CC[C@H]2c2ccccc2)OC12CCN(c1cc(F)ccn1)CC2. The van der Waals surface area contributed by atoms with E-state index in [1.54, 1.807) is 0 Å². The van der Waals surface area contributed by atoms with Gasteiger partial charge < -0.3 is 14.5 Å². The fourth-order valence-corrected chi connectivity index (χ4v) is 4.71. The molecule has 6 heteroatoms. The summed E-state index contributed by atoms with van der Waals surface area (Å²) < 4.78 is 19.8. The molecule has 1 amide bonds. The first kappa shape index (κ1) is 16.7. The average Bonchev–Trinajstić information content (AvgIpc) is 3.22. The second-order valence-electron chi connectivity index (χ2n) is 7.60. The van der Waals surface area contributed by atoms with Crippen LogP contribution in [0.5, 0.6) is 0 Å². The molecule has 0 radical (unpaired) electrons. The number of pyridine rings is 1. The third kappa shape index (κ3) is 2.70. The third-order valence-corrected chi connectivity index (χ3v) is 6.11. The number of piperidine rings is 1. The fourth-order valence-electron chi connectivity index (χ4n) is 4.71. The van der Waals surface area contributed by atoms with Gasteiger partial charge in [0.2, 0.25) is 0 Å². The lowest BCUT2D eigenvalue weighted by Crippen LogP contribution is -2.50. The summed E-state index contributed by atoms with van der Waals surface area (Å²) in [6, 6.07) is 13.1. The summed E-state index contributed by atoms with van der Waals surface area (Å²) in [5, 5.41) is 0. The number of ether oxygens (including phenoxy) is 1. The fraction of sp³-hybridized carbons (Fsp3) is 0.429. The molecule has 0 N–H and O–H groups in total. The normalized spacial score (nSPS) is 26.6. The molecule has 3 aliphatic rings. The topological polar surface area (TPSA) is 45.7 Å². The largest absolute Gasteiger partial charge is 0.356 e. The molecule has 2 aromatic rings. The Bertz CT molecular complexity index is 852. The number of rotatable bonds is 2. The number of benzene rings is 1. The van der Waals surface area contributed by atoms with Crippen molar-refractivity contribution in [3.05, 3.63) is 60.0 Å². The zero-order valence-corrected chi connectivity index (χ0v) is 15.1. The van der Waals surface area contributed by atoms with E-state index in [0.29, 0.717) is 31.7 Å². The number of aromatic nitrogens is 1. The van der Waals surface area contributed by atoms with Gasteiger partial charge in [-0.15, -0.1) is 0 Å². The summed E-state index contributed by atoms with van der Waals surface area (Å²) >= 11 is 0. The lowest BCUT2D eigenvalue weighted by atomic mass is 9.89. The lowest BCUT2D eigenvalue weighted by Gasteiger charge is -2.38. The molecule has 1 spiro atoms. The Kier molecular flexibility index (Phi) is 3.90. The standard InChI is InChI=1S/C21H22FN3O2/c22-16-8-11-23-18(14-16)24-12-9-21(10-13-24)20(26)25-17(6-7-19(25)27-21)15-4-2-1-3-5-15/h1-5,8,11,14,17,19H,6-7,9-10,12-13H2/t17-,19+/m0/s1. The van der Waals surface area contributed by atoms with E-state index in [0.717, 1.165) is 12.8 Å². The van der Waals surface area contributed by atoms with E-state index in [1.807, 2.05) is 28.0 Å². The van der Waals surface area contributed by atoms with Crippen LogP contribution in [-0.2, 0) is 9.53 Å². The molecule has 27 heavy (non-hydrogen) atoms. The number of carbonyl (C=O) groups is 1. The van der Waals surface area contributed by atoms with Crippen LogP contribution in [0, 0.1) is 5.82 Å². The van der Waals surface area contributed by atoms with Gasteiger partial charge in [-0.05, 0) is 24.5 Å². The monoisotopic (exact) mass is 367 g/mol. The Morgan fingerprint density at radius 1 is 1.11 bits per heavy atom. The first-order valence-corrected chi connectivity index (χ1v) is 9.58. The van der Waals surface area contributed by atoms with Gasteiger partial charge in [0, 0.05) is 38.2 Å². The number of hydrogen-bond acceptors (Lipinski definition) is 4. The molecule has 3 fully saturated rings. The zero-order valence-electron chi connectivity index (χ0n) is 15.1. The molecule has 0 aliphatic carbocycles. The minimum Gasteiger partial charge on any atom is -0.356 e. The first-order valence-electron chi connectivity index (χ1n) is 9.58. The molecule has 4 heterocycles. The van der Waals surface area contributed by atoms with Crippen molar-refractivity contribution in [2.75, 3.05) is 18.0 Å². The van der Waals surface area contributed by atoms with Crippen LogP contribution in [-0.4, -0.2) is 40.7 Å². The molecule has 3 saturated heterocycles. The molecule has 5 rings (SSSR count). The van der Waals surface area contributed by atoms with Crippen molar-refractivity contribution in [2.24, 2.45) is 0 Å². The van der Waals surface area contributed by atoms with Gasteiger partial charge in [-0.1, -0.05) is 30.3 Å². The summed E-state index contributed by atoms with van der Waals surface area (Å²) in [6.45, 7) is 1.28. The molecular weight excluding hydrogens is 345 g/mol. The first-order chi connectivity index (χ1) is 13.2. The Hall–Kier alpha value is -2.47. The van der Waals surface area contributed by atoms with Crippen LogP contribution >= 0.6 is 0 Å². The predicted molar refractivity (Wildman–Crippen MR) is 98.5 cm³/mol. The van der Waals surface area contributed by atoms with E-state index in [-0.39, 0.29) is 24.0 Å². The van der Waals surface area contributed by atoms with Crippen LogP contribution < -0.4 is 4.90 Å². The van der Waals surface area contributed by atoms with Gasteiger partial charge in [0.05, 0.1) is 6.04 Å². The average molecular weight is 367 g/mol. The Morgan fingerprint density at radius 2 is 1.89 bits per heavy atom. The van der Waals surface area contributed by atoms with Gasteiger partial charge in [0.15, 0.2) is 5.60 Å². The van der Waals surface area contributed by atoms with E-state index < -0.39 is 5.60 Å². The maximum Gasteiger partial charge on any atom is 0.257 e. The second kappa shape index (κ2) is 6.30. The highest BCUT2D eigenvalue weighted by Crippen LogP contribution is 2.47. The highest BCUT2D eigenvalue weighted by Gasteiger charge is 2.57. The van der Waals surface area contributed by atoms with Gasteiger partial charge in [-0.25, -0.2) is 9.37 Å². The molecule has 0 unspecified atom stereocenters. The van der Waals surface area contributed by atoms with Crippen LogP contribution in [0.4, 0.5) is 10.2 Å². The highest BCUT2D eigenvalue weighted by molar-refractivity contribution is 5.88. The number of nitrogens with zero attached hydrogens (tertiary/aromatic N) is 3. The smallest absolute Gasteiger partial charge is 0.257 e. The van der Waals surface area contributed by atoms with E-state index in [1.165, 1.54) is 23.9 Å². The maximum absolute atomic E-state index is 13.5. The quantitative estimate of drug-likeness (QED) is 0.817. The molecule has 0 saturated carbocycles. The summed E-state index contributed by atoms with van der Waals surface area (Å²) in [4.78, 5) is 21.6. The highest BCUT2D eigenvalue weighted by atomic mass is 19.1. The van der Waals surface area contributed by atoms with Crippen molar-refractivity contribution in [1.82, 2.24) is 9.88 Å². The second-order valence-corrected chi connectivity index (χ2v) is 7.60. The minimum atomic E-state index is -0.734. The van der Waals surface area contributed by atoms with Crippen LogP contribution in [0.1, 0.15) is 37.3 Å². The van der Waals surface area contributed by atoms with Crippen molar-refractivity contribution in [2.45, 2.75) is 43.6 Å². The van der Waals surface area contributed by atoms with Crippen molar-refractivity contribution >= 4 is 11.7 Å². The molecular formula is C21H22FN3O2. The third-order valence-electron chi connectivity index (χ3n) is 6.11. The zero-order chi connectivity index (χ0) is 18.4. The number of fused-ring (bicyclic) bond motifs is 1. The van der Waals surface area contributed by atoms with E-state index in [4.69, 9.17) is 4.74 Å². The molecule has 3 aliphatic heterocycles. The van der Waals surface area contributed by atoms with Crippen LogP contribution in [0.3, 0.4) is 0 Å². The summed E-state index contributed by atoms with van der Waals surface area (Å²) in [5.41, 5.74) is 0.442. The Morgan fingerprint density at radius 3 is 2.63 bits per heavy atom. The van der Waals surface area contributed by atoms with Crippen LogP contribution in [0.25, 0.3) is 0 Å². The van der Waals surface area contributed by atoms with Gasteiger partial charge in [-0.2, -0.15) is 0 Å². The minimum absolute atomic E-state index is 0.103. The molecule has 5 nitrogen and oxygen atoms in total. The molecule has 1 aromatic heterocycles. The summed E-state index contributed by atoms with van der Waals surface area (Å²) in [7, 11) is 0. The number of amides is 1. The molecule has 2 atom stereocenters. The number of anilines is 1. The number of carbonyl (C=O) groups excluding carboxylic acids is 1. The molecule has 0 bridgehead atoms. The van der Waals surface area contributed by atoms with Gasteiger partial charge >= 0.3 is 0 Å². The maximum atomic E-state index is 13.5. The summed E-state index contributed by atoms with van der Waals surface area (Å²) in [6.07, 6.45) is 4.39. The van der Waals surface area contributed by atoms with E-state index >= 15 is 0 Å². The van der Waals surface area contributed by atoms with Gasteiger partial charge in [0.1, 0.15) is 17.9 Å². The Labute approximate surface area is 157 Å². The number of hydrogen-bond donors (Lipinski definition) is 0.